The number of hydrogen-bond acceptors (Lipinski definition) is 2. The van der Waals surface area contributed by atoms with E-state index in [1.165, 1.54) is 18.4 Å². The smallest absolute Gasteiger partial charge is 0.0819 e. The van der Waals surface area contributed by atoms with Crippen LogP contribution in [0.5, 0.6) is 0 Å². The zero-order valence-electron chi connectivity index (χ0n) is 11.3. The Morgan fingerprint density at radius 3 is 2.50 bits per heavy atom. The molecule has 2 heterocycles. The number of benzene rings is 1. The molecule has 2 aliphatic heterocycles. The van der Waals surface area contributed by atoms with Crippen molar-refractivity contribution in [3.05, 3.63) is 35.4 Å². The van der Waals surface area contributed by atoms with Crippen molar-refractivity contribution in [3.63, 3.8) is 0 Å². The van der Waals surface area contributed by atoms with Crippen LogP contribution in [-0.4, -0.2) is 29.1 Å². The van der Waals surface area contributed by atoms with Gasteiger partial charge in [0.25, 0.3) is 0 Å². The molecule has 2 bridgehead atoms. The summed E-state index contributed by atoms with van der Waals surface area (Å²) in [4.78, 5) is 2.53. The minimum absolute atomic E-state index is 0.276. The molecule has 1 aromatic rings. The second kappa shape index (κ2) is 4.67. The summed E-state index contributed by atoms with van der Waals surface area (Å²) in [5.41, 5.74) is 2.34. The van der Waals surface area contributed by atoms with Crippen LogP contribution in [0.4, 0.5) is 0 Å². The van der Waals surface area contributed by atoms with Gasteiger partial charge in [-0.3, -0.25) is 0 Å². The SMILES string of the molecule is Cc1cccc(C(O)C2CC3CCC(C2)N3C)c1. The lowest BCUT2D eigenvalue weighted by atomic mass is 9.83. The van der Waals surface area contributed by atoms with Gasteiger partial charge in [0.1, 0.15) is 0 Å². The van der Waals surface area contributed by atoms with Gasteiger partial charge in [-0.2, -0.15) is 0 Å². The van der Waals surface area contributed by atoms with Crippen molar-refractivity contribution in [2.24, 2.45) is 5.92 Å². The molecule has 0 radical (unpaired) electrons. The average Bonchev–Trinajstić information content (AvgIpc) is 2.61. The molecule has 2 saturated heterocycles. The van der Waals surface area contributed by atoms with E-state index in [1.54, 1.807) is 0 Å². The molecule has 1 aromatic carbocycles. The maximum atomic E-state index is 10.6. The van der Waals surface area contributed by atoms with Crippen molar-refractivity contribution >= 4 is 0 Å². The third kappa shape index (κ3) is 2.08. The summed E-state index contributed by atoms with van der Waals surface area (Å²) in [6, 6.07) is 9.75. The summed E-state index contributed by atoms with van der Waals surface area (Å²) in [5, 5.41) is 10.6. The van der Waals surface area contributed by atoms with Gasteiger partial charge < -0.3 is 10.0 Å². The van der Waals surface area contributed by atoms with E-state index in [2.05, 4.69) is 43.1 Å². The highest BCUT2D eigenvalue weighted by atomic mass is 16.3. The number of fused-ring (bicyclic) bond motifs is 2. The first-order chi connectivity index (χ1) is 8.65. The van der Waals surface area contributed by atoms with Gasteiger partial charge in [0.2, 0.25) is 0 Å². The van der Waals surface area contributed by atoms with Gasteiger partial charge in [-0.1, -0.05) is 29.8 Å². The lowest BCUT2D eigenvalue weighted by Gasteiger charge is -2.38. The van der Waals surface area contributed by atoms with Crippen LogP contribution in [0, 0.1) is 12.8 Å². The Hall–Kier alpha value is -0.860. The molecule has 98 valence electrons. The molecule has 3 unspecified atom stereocenters. The van der Waals surface area contributed by atoms with Crippen molar-refractivity contribution in [2.45, 2.75) is 50.8 Å². The summed E-state index contributed by atoms with van der Waals surface area (Å²) in [7, 11) is 2.25. The molecular formula is C16H23NO. The van der Waals surface area contributed by atoms with E-state index >= 15 is 0 Å². The van der Waals surface area contributed by atoms with Crippen molar-refractivity contribution in [1.29, 1.82) is 0 Å². The van der Waals surface area contributed by atoms with Gasteiger partial charge in [0.15, 0.2) is 0 Å². The normalized spacial score (nSPS) is 33.6. The Labute approximate surface area is 110 Å². The third-order valence-electron chi connectivity index (χ3n) is 4.96. The Morgan fingerprint density at radius 2 is 1.89 bits per heavy atom. The predicted octanol–water partition coefficient (Wildman–Crippen LogP) is 2.90. The van der Waals surface area contributed by atoms with E-state index in [1.807, 2.05) is 0 Å². The van der Waals surface area contributed by atoms with Crippen molar-refractivity contribution in [1.82, 2.24) is 4.90 Å². The Bertz CT molecular complexity index is 417. The Kier molecular flexibility index (Phi) is 3.16. The highest BCUT2D eigenvalue weighted by Gasteiger charge is 2.40. The highest BCUT2D eigenvalue weighted by molar-refractivity contribution is 5.24. The Balaban J connectivity index is 1.76. The van der Waals surface area contributed by atoms with Crippen LogP contribution in [0.15, 0.2) is 24.3 Å². The second-order valence-corrected chi connectivity index (χ2v) is 6.14. The average molecular weight is 245 g/mol. The quantitative estimate of drug-likeness (QED) is 0.866. The summed E-state index contributed by atoms with van der Waals surface area (Å²) < 4.78 is 0. The number of aliphatic hydroxyl groups is 1. The molecule has 3 rings (SSSR count). The summed E-state index contributed by atoms with van der Waals surface area (Å²) in [5.74, 6) is 0.445. The number of piperidine rings is 1. The lowest BCUT2D eigenvalue weighted by Crippen LogP contribution is -2.41. The van der Waals surface area contributed by atoms with E-state index < -0.39 is 0 Å². The fourth-order valence-electron chi connectivity index (χ4n) is 3.84. The fourth-order valence-corrected chi connectivity index (χ4v) is 3.84. The topological polar surface area (TPSA) is 23.5 Å². The van der Waals surface area contributed by atoms with Gasteiger partial charge in [0, 0.05) is 12.1 Å². The van der Waals surface area contributed by atoms with E-state index in [-0.39, 0.29) is 6.10 Å². The minimum Gasteiger partial charge on any atom is -0.388 e. The first-order valence-corrected chi connectivity index (χ1v) is 7.11. The monoisotopic (exact) mass is 245 g/mol. The minimum atomic E-state index is -0.276. The van der Waals surface area contributed by atoms with Gasteiger partial charge in [-0.25, -0.2) is 0 Å². The van der Waals surface area contributed by atoms with E-state index in [0.29, 0.717) is 18.0 Å². The highest BCUT2D eigenvalue weighted by Crippen LogP contribution is 2.42. The molecule has 0 aromatic heterocycles. The number of hydrogen-bond donors (Lipinski definition) is 1. The summed E-state index contributed by atoms with van der Waals surface area (Å²) in [6.07, 6.45) is 4.67. The van der Waals surface area contributed by atoms with Crippen LogP contribution in [-0.2, 0) is 0 Å². The maximum absolute atomic E-state index is 10.6. The number of nitrogens with zero attached hydrogens (tertiary/aromatic N) is 1. The van der Waals surface area contributed by atoms with Crippen LogP contribution in [0.2, 0.25) is 0 Å². The Morgan fingerprint density at radius 1 is 1.22 bits per heavy atom. The molecule has 1 N–H and O–H groups in total. The molecule has 0 saturated carbocycles. The summed E-state index contributed by atoms with van der Waals surface area (Å²) >= 11 is 0. The van der Waals surface area contributed by atoms with Gasteiger partial charge in [0.05, 0.1) is 6.10 Å². The molecule has 0 aliphatic carbocycles. The fraction of sp³-hybridized carbons (Fsp3) is 0.625. The van der Waals surface area contributed by atoms with Gasteiger partial charge in [-0.05, 0) is 51.1 Å². The van der Waals surface area contributed by atoms with Crippen LogP contribution in [0.3, 0.4) is 0 Å². The predicted molar refractivity (Wildman–Crippen MR) is 73.4 cm³/mol. The van der Waals surface area contributed by atoms with E-state index in [0.717, 1.165) is 18.4 Å². The molecule has 2 aliphatic rings. The van der Waals surface area contributed by atoms with Crippen molar-refractivity contribution in [2.75, 3.05) is 7.05 Å². The molecular weight excluding hydrogens is 222 g/mol. The number of aliphatic hydroxyl groups excluding tert-OH is 1. The van der Waals surface area contributed by atoms with Crippen LogP contribution in [0.1, 0.15) is 42.9 Å². The standard InChI is InChI=1S/C16H23NO/c1-11-4-3-5-12(8-11)16(18)13-9-14-6-7-15(10-13)17(14)2/h3-5,8,13-16,18H,6-7,9-10H2,1-2H3. The summed E-state index contributed by atoms with van der Waals surface area (Å²) in [6.45, 7) is 2.09. The second-order valence-electron chi connectivity index (χ2n) is 6.14. The molecule has 0 spiro atoms. The van der Waals surface area contributed by atoms with E-state index in [4.69, 9.17) is 0 Å². The molecule has 2 fully saturated rings. The van der Waals surface area contributed by atoms with Crippen LogP contribution < -0.4 is 0 Å². The first-order valence-electron chi connectivity index (χ1n) is 7.11. The molecule has 2 heteroatoms. The lowest BCUT2D eigenvalue weighted by molar-refractivity contribution is 0.0356. The van der Waals surface area contributed by atoms with E-state index in [9.17, 15) is 5.11 Å². The van der Waals surface area contributed by atoms with Crippen molar-refractivity contribution in [3.8, 4) is 0 Å². The zero-order valence-corrected chi connectivity index (χ0v) is 11.3. The van der Waals surface area contributed by atoms with Crippen LogP contribution in [0.25, 0.3) is 0 Å². The third-order valence-corrected chi connectivity index (χ3v) is 4.96. The van der Waals surface area contributed by atoms with Crippen molar-refractivity contribution < 1.29 is 5.11 Å². The molecule has 0 amide bonds. The molecule has 3 atom stereocenters. The number of rotatable bonds is 2. The van der Waals surface area contributed by atoms with Gasteiger partial charge in [-0.15, -0.1) is 0 Å². The largest absolute Gasteiger partial charge is 0.388 e. The molecule has 18 heavy (non-hydrogen) atoms. The first kappa shape index (κ1) is 12.2. The van der Waals surface area contributed by atoms with Crippen LogP contribution >= 0.6 is 0 Å². The maximum Gasteiger partial charge on any atom is 0.0819 e. The number of aryl methyl sites for hydroxylation is 1. The van der Waals surface area contributed by atoms with Gasteiger partial charge >= 0.3 is 0 Å². The zero-order chi connectivity index (χ0) is 12.7. The molecule has 2 nitrogen and oxygen atoms in total.